The van der Waals surface area contributed by atoms with E-state index in [0.717, 1.165) is 5.75 Å². The Labute approximate surface area is 116 Å². The molecule has 3 nitrogen and oxygen atoms in total. The quantitative estimate of drug-likeness (QED) is 0.720. The average molecular weight is 266 g/mol. The van der Waals surface area contributed by atoms with Gasteiger partial charge in [-0.25, -0.2) is 0 Å². The molecule has 108 valence electrons. The van der Waals surface area contributed by atoms with Crippen molar-refractivity contribution in [1.82, 2.24) is 0 Å². The zero-order valence-electron chi connectivity index (χ0n) is 12.7. The first-order valence-corrected chi connectivity index (χ1v) is 6.80. The van der Waals surface area contributed by atoms with Crippen LogP contribution in [0.5, 0.6) is 5.75 Å². The molecule has 0 spiro atoms. The van der Waals surface area contributed by atoms with Gasteiger partial charge < -0.3 is 14.2 Å². The van der Waals surface area contributed by atoms with E-state index >= 15 is 0 Å². The van der Waals surface area contributed by atoms with Crippen molar-refractivity contribution in [2.75, 3.05) is 20.3 Å². The smallest absolute Gasteiger partial charge is 0.119 e. The lowest BCUT2D eigenvalue weighted by Crippen LogP contribution is -2.40. The van der Waals surface area contributed by atoms with Gasteiger partial charge in [0.05, 0.1) is 24.9 Å². The summed E-state index contributed by atoms with van der Waals surface area (Å²) in [4.78, 5) is 0. The predicted octanol–water partition coefficient (Wildman–Crippen LogP) is 3.53. The lowest BCUT2D eigenvalue weighted by atomic mass is 9.92. The van der Waals surface area contributed by atoms with Crippen LogP contribution in [0.1, 0.15) is 27.7 Å². The molecule has 0 heterocycles. The Kier molecular flexibility index (Phi) is 6.32. The van der Waals surface area contributed by atoms with Crippen LogP contribution in [0.3, 0.4) is 0 Å². The van der Waals surface area contributed by atoms with Crippen molar-refractivity contribution in [1.29, 1.82) is 0 Å². The van der Waals surface area contributed by atoms with Crippen molar-refractivity contribution in [2.24, 2.45) is 5.92 Å². The number of ether oxygens (including phenoxy) is 3. The fraction of sp³-hybridized carbons (Fsp3) is 0.625. The summed E-state index contributed by atoms with van der Waals surface area (Å²) in [6.45, 7) is 9.41. The van der Waals surface area contributed by atoms with Crippen LogP contribution in [-0.4, -0.2) is 32.0 Å². The third kappa shape index (κ3) is 5.62. The normalized spacial score (nSPS) is 13.6. The van der Waals surface area contributed by atoms with E-state index in [9.17, 15) is 0 Å². The molecule has 1 aromatic carbocycles. The molecule has 0 saturated carbocycles. The number of methoxy groups -OCH3 is 1. The summed E-state index contributed by atoms with van der Waals surface area (Å²) in [5.74, 6) is 1.06. The van der Waals surface area contributed by atoms with Crippen molar-refractivity contribution in [2.45, 2.75) is 39.4 Å². The minimum absolute atomic E-state index is 0.181. The van der Waals surface area contributed by atoms with Crippen LogP contribution in [0.15, 0.2) is 30.3 Å². The van der Waals surface area contributed by atoms with Gasteiger partial charge in [0.15, 0.2) is 0 Å². The van der Waals surface area contributed by atoms with E-state index < -0.39 is 0 Å². The summed E-state index contributed by atoms with van der Waals surface area (Å²) in [5.41, 5.74) is -0.274. The van der Waals surface area contributed by atoms with Crippen LogP contribution < -0.4 is 4.74 Å². The molecular formula is C16H26O3. The Bertz CT molecular complexity index is 346. The van der Waals surface area contributed by atoms with Gasteiger partial charge in [-0.15, -0.1) is 0 Å². The number of benzene rings is 1. The molecule has 1 rings (SSSR count). The van der Waals surface area contributed by atoms with Gasteiger partial charge >= 0.3 is 0 Å². The number of hydrogen-bond donors (Lipinski definition) is 0. The van der Waals surface area contributed by atoms with Crippen molar-refractivity contribution >= 4 is 0 Å². The van der Waals surface area contributed by atoms with Crippen LogP contribution in [0.2, 0.25) is 0 Å². The topological polar surface area (TPSA) is 27.7 Å². The predicted molar refractivity (Wildman–Crippen MR) is 77.6 cm³/mol. The largest absolute Gasteiger partial charge is 0.493 e. The van der Waals surface area contributed by atoms with Crippen molar-refractivity contribution < 1.29 is 14.2 Å². The van der Waals surface area contributed by atoms with Crippen LogP contribution in [0, 0.1) is 5.92 Å². The van der Waals surface area contributed by atoms with Gasteiger partial charge in [0, 0.05) is 13.0 Å². The fourth-order valence-corrected chi connectivity index (χ4v) is 1.64. The Balaban J connectivity index is 2.58. The standard InChI is InChI=1S/C16H26O3/c1-13(2)18-11-14(16(3,4)17-5)12-19-15-9-7-6-8-10-15/h6-10,13-14H,11-12H2,1-5H3. The summed E-state index contributed by atoms with van der Waals surface area (Å²) >= 11 is 0. The zero-order chi connectivity index (χ0) is 14.3. The molecule has 0 fully saturated rings. The highest BCUT2D eigenvalue weighted by Gasteiger charge is 2.30. The molecule has 0 aromatic heterocycles. The molecule has 0 bridgehead atoms. The van der Waals surface area contributed by atoms with E-state index in [0.29, 0.717) is 13.2 Å². The highest BCUT2D eigenvalue weighted by Crippen LogP contribution is 2.23. The van der Waals surface area contributed by atoms with Gasteiger partial charge in [-0.1, -0.05) is 18.2 Å². The Morgan fingerprint density at radius 3 is 2.21 bits per heavy atom. The van der Waals surface area contributed by atoms with E-state index in [1.165, 1.54) is 0 Å². The SMILES string of the molecule is COC(C)(C)C(COc1ccccc1)COC(C)C. The maximum Gasteiger partial charge on any atom is 0.119 e. The number of hydrogen-bond acceptors (Lipinski definition) is 3. The highest BCUT2D eigenvalue weighted by atomic mass is 16.5. The van der Waals surface area contributed by atoms with Crippen molar-refractivity contribution in [3.05, 3.63) is 30.3 Å². The lowest BCUT2D eigenvalue weighted by molar-refractivity contribution is -0.0813. The third-order valence-corrected chi connectivity index (χ3v) is 3.33. The van der Waals surface area contributed by atoms with Gasteiger partial charge in [-0.3, -0.25) is 0 Å². The summed E-state index contributed by atoms with van der Waals surface area (Å²) in [7, 11) is 1.73. The molecule has 0 aliphatic carbocycles. The fourth-order valence-electron chi connectivity index (χ4n) is 1.64. The van der Waals surface area contributed by atoms with E-state index in [1.54, 1.807) is 7.11 Å². The molecule has 3 heteroatoms. The molecular weight excluding hydrogens is 240 g/mol. The van der Waals surface area contributed by atoms with Crippen molar-refractivity contribution in [3.8, 4) is 5.75 Å². The van der Waals surface area contributed by atoms with E-state index in [1.807, 2.05) is 44.2 Å². The van der Waals surface area contributed by atoms with E-state index in [2.05, 4.69) is 13.8 Å². The number of rotatable bonds is 8. The van der Waals surface area contributed by atoms with Gasteiger partial charge in [0.25, 0.3) is 0 Å². The summed E-state index contributed by atoms with van der Waals surface area (Å²) < 4.78 is 17.1. The van der Waals surface area contributed by atoms with Gasteiger partial charge in [0.1, 0.15) is 5.75 Å². The van der Waals surface area contributed by atoms with Crippen molar-refractivity contribution in [3.63, 3.8) is 0 Å². The Hall–Kier alpha value is -1.06. The second-order valence-electron chi connectivity index (χ2n) is 5.51. The van der Waals surface area contributed by atoms with Crippen LogP contribution >= 0.6 is 0 Å². The monoisotopic (exact) mass is 266 g/mol. The summed E-state index contributed by atoms with van der Waals surface area (Å²) in [6.07, 6.45) is 0.215. The maximum absolute atomic E-state index is 5.83. The first-order valence-electron chi connectivity index (χ1n) is 6.80. The lowest BCUT2D eigenvalue weighted by Gasteiger charge is -2.33. The first kappa shape index (κ1) is 16.0. The van der Waals surface area contributed by atoms with Gasteiger partial charge in [-0.2, -0.15) is 0 Å². The van der Waals surface area contributed by atoms with E-state index in [4.69, 9.17) is 14.2 Å². The molecule has 1 unspecified atom stereocenters. The molecule has 0 amide bonds. The molecule has 1 atom stereocenters. The molecule has 0 N–H and O–H groups in total. The number of para-hydroxylation sites is 1. The highest BCUT2D eigenvalue weighted by molar-refractivity contribution is 5.20. The maximum atomic E-state index is 5.83. The van der Waals surface area contributed by atoms with Gasteiger partial charge in [0.2, 0.25) is 0 Å². The Morgan fingerprint density at radius 1 is 1.05 bits per heavy atom. The molecule has 0 aliphatic heterocycles. The van der Waals surface area contributed by atoms with E-state index in [-0.39, 0.29) is 17.6 Å². The molecule has 0 radical (unpaired) electrons. The summed E-state index contributed by atoms with van der Waals surface area (Å²) in [6, 6.07) is 9.83. The zero-order valence-corrected chi connectivity index (χ0v) is 12.7. The van der Waals surface area contributed by atoms with Crippen LogP contribution in [-0.2, 0) is 9.47 Å². The molecule has 1 aromatic rings. The molecule has 0 saturated heterocycles. The Morgan fingerprint density at radius 2 is 1.68 bits per heavy atom. The first-order chi connectivity index (χ1) is 8.95. The van der Waals surface area contributed by atoms with Crippen LogP contribution in [0.25, 0.3) is 0 Å². The molecule has 19 heavy (non-hydrogen) atoms. The van der Waals surface area contributed by atoms with Gasteiger partial charge in [-0.05, 0) is 39.8 Å². The summed E-state index contributed by atoms with van der Waals surface area (Å²) in [5, 5.41) is 0. The third-order valence-electron chi connectivity index (χ3n) is 3.33. The minimum atomic E-state index is -0.274. The average Bonchev–Trinajstić information content (AvgIpc) is 2.39. The van der Waals surface area contributed by atoms with Crippen LogP contribution in [0.4, 0.5) is 0 Å². The minimum Gasteiger partial charge on any atom is -0.493 e. The molecule has 0 aliphatic rings. The second kappa shape index (κ2) is 7.51. The second-order valence-corrected chi connectivity index (χ2v) is 5.51.